The SMILES string of the molecule is CC(C)=Cc1nc2ccc3cc4c(c(O)c3c2o1)C(=O)[C@]1(O)C(=O)C(C(N)=O)=C(O)[C@@H](N(C)C)C1C4. The number of allylic oxidation sites excluding steroid dienone is 1. The van der Waals surface area contributed by atoms with Gasteiger partial charge in [-0.05, 0) is 63.5 Å². The van der Waals surface area contributed by atoms with Crippen LogP contribution in [-0.2, 0) is 16.0 Å². The van der Waals surface area contributed by atoms with Crippen molar-refractivity contribution in [3.8, 4) is 5.75 Å². The Labute approximate surface area is 205 Å². The number of nitrogens with two attached hydrogens (primary N) is 1. The van der Waals surface area contributed by atoms with E-state index in [0.717, 1.165) is 5.57 Å². The van der Waals surface area contributed by atoms with Crippen molar-refractivity contribution >= 4 is 45.4 Å². The molecule has 2 aliphatic rings. The Hall–Kier alpha value is -4.02. The summed E-state index contributed by atoms with van der Waals surface area (Å²) in [5.74, 6) is -5.47. The number of fused-ring (bicyclic) bond motifs is 5. The van der Waals surface area contributed by atoms with Crippen LogP contribution in [0.5, 0.6) is 5.75 Å². The number of carbonyl (C=O) groups excluding carboxylic acids is 3. The molecule has 0 saturated heterocycles. The Morgan fingerprint density at radius 2 is 1.92 bits per heavy atom. The maximum atomic E-state index is 13.8. The topological polar surface area (TPSA) is 167 Å². The number of benzene rings is 2. The standard InChI is InChI=1S/C26H25N3O7/c1-10(2)7-15-28-14-6-5-11-8-12-9-13-19(29(3)4)21(31)18(25(27)34)24(33)26(13,35)23(32)17(12)20(30)16(11)22(14)36-15/h5-8,13,19,30-31,35H,9H2,1-4H3,(H2,27,34)/t13?,19-,26-/m0/s1. The lowest BCUT2D eigenvalue weighted by Crippen LogP contribution is -2.66. The largest absolute Gasteiger partial charge is 0.510 e. The first-order valence-electron chi connectivity index (χ1n) is 11.3. The molecule has 10 nitrogen and oxygen atoms in total. The van der Waals surface area contributed by atoms with E-state index in [0.29, 0.717) is 22.4 Å². The number of carbonyl (C=O) groups is 3. The van der Waals surface area contributed by atoms with E-state index in [2.05, 4.69) is 4.98 Å². The zero-order valence-electron chi connectivity index (χ0n) is 20.1. The summed E-state index contributed by atoms with van der Waals surface area (Å²) in [6, 6.07) is 4.10. The number of oxazole rings is 1. The maximum absolute atomic E-state index is 13.8. The molecular weight excluding hydrogens is 466 g/mol. The second kappa shape index (κ2) is 7.74. The minimum atomic E-state index is -2.72. The van der Waals surface area contributed by atoms with Crippen LogP contribution in [0, 0.1) is 5.92 Å². The number of likely N-dealkylation sites (N-methyl/N-ethyl adjacent to an activating group) is 1. The number of amides is 1. The number of primary amides is 1. The van der Waals surface area contributed by atoms with Gasteiger partial charge in [0.2, 0.25) is 17.5 Å². The lowest BCUT2D eigenvalue weighted by molar-refractivity contribution is -0.140. The number of phenols is 1. The molecule has 10 heteroatoms. The van der Waals surface area contributed by atoms with E-state index in [1.54, 1.807) is 38.4 Å². The van der Waals surface area contributed by atoms with E-state index in [4.69, 9.17) is 10.2 Å². The number of aromatic nitrogens is 1. The summed E-state index contributed by atoms with van der Waals surface area (Å²) < 4.78 is 5.87. The summed E-state index contributed by atoms with van der Waals surface area (Å²) >= 11 is 0. The van der Waals surface area contributed by atoms with Crippen molar-refractivity contribution in [1.82, 2.24) is 9.88 Å². The third kappa shape index (κ3) is 3.04. The van der Waals surface area contributed by atoms with Gasteiger partial charge in [0.15, 0.2) is 11.2 Å². The predicted octanol–water partition coefficient (Wildman–Crippen LogP) is 2.01. The van der Waals surface area contributed by atoms with Gasteiger partial charge in [-0.3, -0.25) is 19.3 Å². The van der Waals surface area contributed by atoms with Crippen molar-refractivity contribution in [2.24, 2.45) is 11.7 Å². The molecule has 1 unspecified atom stereocenters. The lowest BCUT2D eigenvalue weighted by Gasteiger charge is -2.47. The molecule has 186 valence electrons. The number of aromatic hydroxyl groups is 1. The highest BCUT2D eigenvalue weighted by atomic mass is 16.3. The fourth-order valence-corrected chi connectivity index (χ4v) is 5.49. The van der Waals surface area contributed by atoms with Gasteiger partial charge in [0.1, 0.15) is 22.6 Å². The molecule has 1 aromatic heterocycles. The smallest absolute Gasteiger partial charge is 0.255 e. The number of aliphatic hydroxyl groups excluding tert-OH is 1. The van der Waals surface area contributed by atoms with E-state index in [9.17, 15) is 29.7 Å². The normalized spacial score (nSPS) is 23.8. The van der Waals surface area contributed by atoms with Gasteiger partial charge < -0.3 is 25.5 Å². The predicted molar refractivity (Wildman–Crippen MR) is 130 cm³/mol. The highest BCUT2D eigenvalue weighted by Crippen LogP contribution is 2.48. The van der Waals surface area contributed by atoms with E-state index < -0.39 is 52.1 Å². The zero-order valence-corrected chi connectivity index (χ0v) is 20.1. The van der Waals surface area contributed by atoms with Gasteiger partial charge in [-0.25, -0.2) is 4.98 Å². The molecule has 1 heterocycles. The minimum absolute atomic E-state index is 0.0385. The van der Waals surface area contributed by atoms with Crippen molar-refractivity contribution in [3.63, 3.8) is 0 Å². The summed E-state index contributed by atoms with van der Waals surface area (Å²) in [6.07, 6.45) is 1.69. The van der Waals surface area contributed by atoms with Gasteiger partial charge in [0.25, 0.3) is 5.91 Å². The summed E-state index contributed by atoms with van der Waals surface area (Å²) in [7, 11) is 3.16. The minimum Gasteiger partial charge on any atom is -0.510 e. The quantitative estimate of drug-likeness (QED) is 0.316. The number of hydrogen-bond donors (Lipinski definition) is 4. The summed E-state index contributed by atoms with van der Waals surface area (Å²) in [5.41, 5.74) is 3.59. The Morgan fingerprint density at radius 1 is 1.22 bits per heavy atom. The number of hydrogen-bond acceptors (Lipinski definition) is 9. The monoisotopic (exact) mass is 491 g/mol. The molecule has 2 aromatic carbocycles. The summed E-state index contributed by atoms with van der Waals surface area (Å²) in [6.45, 7) is 3.76. The van der Waals surface area contributed by atoms with Crippen LogP contribution in [0.15, 0.2) is 39.5 Å². The molecule has 2 aliphatic carbocycles. The van der Waals surface area contributed by atoms with E-state index in [1.807, 2.05) is 13.8 Å². The first-order valence-corrected chi connectivity index (χ1v) is 11.3. The average Bonchev–Trinajstić information content (AvgIpc) is 3.17. The fraction of sp³-hybridized carbons (Fsp3) is 0.308. The molecule has 36 heavy (non-hydrogen) atoms. The molecule has 0 saturated carbocycles. The third-order valence-corrected chi connectivity index (χ3v) is 6.99. The Kier molecular flexibility index (Phi) is 5.10. The van der Waals surface area contributed by atoms with Gasteiger partial charge in [0.05, 0.1) is 17.0 Å². The molecule has 3 aromatic rings. The van der Waals surface area contributed by atoms with Crippen LogP contribution in [0.25, 0.3) is 27.9 Å². The van der Waals surface area contributed by atoms with Crippen LogP contribution in [0.3, 0.4) is 0 Å². The Balaban J connectivity index is 1.79. The lowest BCUT2D eigenvalue weighted by atomic mass is 9.61. The molecule has 5 rings (SSSR count). The number of phenolic OH excluding ortho intramolecular Hbond substituents is 1. The first-order chi connectivity index (χ1) is 16.9. The number of ketones is 2. The van der Waals surface area contributed by atoms with Crippen molar-refractivity contribution in [3.05, 3.63) is 52.1 Å². The van der Waals surface area contributed by atoms with Crippen molar-refractivity contribution in [2.75, 3.05) is 14.1 Å². The average molecular weight is 492 g/mol. The molecular formula is C26H25N3O7. The van der Waals surface area contributed by atoms with Crippen LogP contribution in [0.4, 0.5) is 0 Å². The van der Waals surface area contributed by atoms with Gasteiger partial charge in [0, 0.05) is 5.92 Å². The molecule has 3 atom stereocenters. The van der Waals surface area contributed by atoms with Gasteiger partial charge in [-0.2, -0.15) is 0 Å². The van der Waals surface area contributed by atoms with Crippen LogP contribution < -0.4 is 5.73 Å². The van der Waals surface area contributed by atoms with E-state index >= 15 is 0 Å². The molecule has 0 fully saturated rings. The fourth-order valence-electron chi connectivity index (χ4n) is 5.49. The Morgan fingerprint density at radius 3 is 2.53 bits per heavy atom. The second-order valence-electron chi connectivity index (χ2n) is 9.81. The van der Waals surface area contributed by atoms with Gasteiger partial charge in [-0.15, -0.1) is 0 Å². The highest BCUT2D eigenvalue weighted by Gasteiger charge is 2.63. The zero-order chi connectivity index (χ0) is 26.3. The van der Waals surface area contributed by atoms with Crippen molar-refractivity contribution < 1.29 is 34.1 Å². The van der Waals surface area contributed by atoms with Crippen molar-refractivity contribution in [2.45, 2.75) is 31.9 Å². The number of aliphatic hydroxyl groups is 2. The van der Waals surface area contributed by atoms with E-state index in [-0.39, 0.29) is 23.0 Å². The van der Waals surface area contributed by atoms with Crippen LogP contribution in [0.1, 0.15) is 35.7 Å². The third-order valence-electron chi connectivity index (χ3n) is 6.99. The van der Waals surface area contributed by atoms with Crippen LogP contribution >= 0.6 is 0 Å². The Bertz CT molecular complexity index is 1580. The van der Waals surface area contributed by atoms with Gasteiger partial charge in [-0.1, -0.05) is 11.6 Å². The molecule has 0 aliphatic heterocycles. The van der Waals surface area contributed by atoms with Gasteiger partial charge >= 0.3 is 0 Å². The van der Waals surface area contributed by atoms with Crippen LogP contribution in [-0.4, -0.2) is 68.4 Å². The molecule has 1 amide bonds. The number of rotatable bonds is 3. The second-order valence-corrected chi connectivity index (χ2v) is 9.81. The number of Topliss-reactive ketones (excluding diaryl/α,β-unsaturated/α-hetero) is 2. The van der Waals surface area contributed by atoms with E-state index in [1.165, 1.54) is 4.90 Å². The molecule has 0 spiro atoms. The molecule has 0 radical (unpaired) electrons. The first kappa shape index (κ1) is 23.7. The van der Waals surface area contributed by atoms with Crippen LogP contribution in [0.2, 0.25) is 0 Å². The summed E-state index contributed by atoms with van der Waals surface area (Å²) in [5, 5.41) is 34.5. The number of nitrogens with zero attached hydrogens (tertiary/aromatic N) is 2. The molecule has 5 N–H and O–H groups in total. The summed E-state index contributed by atoms with van der Waals surface area (Å²) in [4.78, 5) is 45.1. The van der Waals surface area contributed by atoms with Crippen molar-refractivity contribution in [1.29, 1.82) is 0 Å². The maximum Gasteiger partial charge on any atom is 0.255 e. The highest BCUT2D eigenvalue weighted by molar-refractivity contribution is 6.33. The molecule has 0 bridgehead atoms.